The van der Waals surface area contributed by atoms with Gasteiger partial charge in [0.25, 0.3) is 0 Å². The second-order valence-corrected chi connectivity index (χ2v) is 6.91. The van der Waals surface area contributed by atoms with Crippen molar-refractivity contribution in [2.45, 2.75) is 20.0 Å². The van der Waals surface area contributed by atoms with Gasteiger partial charge in [-0.1, -0.05) is 48.5 Å². The number of hydrogen-bond donors (Lipinski definition) is 0. The molecule has 0 unspecified atom stereocenters. The summed E-state index contributed by atoms with van der Waals surface area (Å²) in [7, 11) is 1.64. The van der Waals surface area contributed by atoms with E-state index in [4.69, 9.17) is 13.9 Å². The lowest BCUT2D eigenvalue weighted by atomic mass is 10.00. The van der Waals surface area contributed by atoms with Gasteiger partial charge in [-0.25, -0.2) is 4.79 Å². The van der Waals surface area contributed by atoms with Gasteiger partial charge in [-0.05, 0) is 36.2 Å². The number of rotatable bonds is 6. The fourth-order valence-electron chi connectivity index (χ4n) is 3.45. The molecule has 1 heterocycles. The SMILES string of the molecule is COc1ccccc1COc1ccc2c(C)c(Cc3ccccc3)c(=O)oc2c1. The molecule has 0 aliphatic carbocycles. The van der Waals surface area contributed by atoms with E-state index >= 15 is 0 Å². The molecule has 4 aromatic rings. The van der Waals surface area contributed by atoms with E-state index in [0.29, 0.717) is 29.9 Å². The van der Waals surface area contributed by atoms with E-state index in [0.717, 1.165) is 27.8 Å². The molecule has 29 heavy (non-hydrogen) atoms. The van der Waals surface area contributed by atoms with Gasteiger partial charge in [0.05, 0.1) is 7.11 Å². The zero-order valence-corrected chi connectivity index (χ0v) is 16.5. The van der Waals surface area contributed by atoms with Crippen molar-refractivity contribution in [3.63, 3.8) is 0 Å². The molecule has 4 rings (SSSR count). The van der Waals surface area contributed by atoms with Gasteiger partial charge in [0, 0.05) is 29.0 Å². The topological polar surface area (TPSA) is 48.7 Å². The van der Waals surface area contributed by atoms with Crippen LogP contribution in [0.25, 0.3) is 11.0 Å². The second-order valence-electron chi connectivity index (χ2n) is 6.91. The Kier molecular flexibility index (Phi) is 5.34. The van der Waals surface area contributed by atoms with Crippen molar-refractivity contribution < 1.29 is 13.9 Å². The summed E-state index contributed by atoms with van der Waals surface area (Å²) in [6, 6.07) is 23.3. The van der Waals surface area contributed by atoms with Crippen molar-refractivity contribution in [1.29, 1.82) is 0 Å². The van der Waals surface area contributed by atoms with Crippen LogP contribution in [0, 0.1) is 6.92 Å². The quantitative estimate of drug-likeness (QED) is 0.423. The molecule has 0 radical (unpaired) electrons. The molecule has 0 bridgehead atoms. The molecule has 0 saturated heterocycles. The van der Waals surface area contributed by atoms with E-state index < -0.39 is 0 Å². The number of hydrogen-bond acceptors (Lipinski definition) is 4. The van der Waals surface area contributed by atoms with Crippen molar-refractivity contribution >= 4 is 11.0 Å². The van der Waals surface area contributed by atoms with Crippen molar-refractivity contribution in [1.82, 2.24) is 0 Å². The molecule has 0 spiro atoms. The molecule has 0 atom stereocenters. The Balaban J connectivity index is 1.61. The first-order valence-corrected chi connectivity index (χ1v) is 9.50. The van der Waals surface area contributed by atoms with Crippen molar-refractivity contribution in [3.8, 4) is 11.5 Å². The number of para-hydroxylation sites is 1. The average Bonchev–Trinajstić information content (AvgIpc) is 2.76. The van der Waals surface area contributed by atoms with Crippen LogP contribution in [0.3, 0.4) is 0 Å². The number of benzene rings is 3. The lowest BCUT2D eigenvalue weighted by Gasteiger charge is -2.12. The Morgan fingerprint density at radius 3 is 2.48 bits per heavy atom. The van der Waals surface area contributed by atoms with Gasteiger partial charge in [0.15, 0.2) is 0 Å². The molecule has 146 valence electrons. The normalized spacial score (nSPS) is 10.8. The summed E-state index contributed by atoms with van der Waals surface area (Å²) in [6.07, 6.45) is 0.553. The molecular weight excluding hydrogens is 364 g/mol. The Bertz CT molecular complexity index is 1190. The summed E-state index contributed by atoms with van der Waals surface area (Å²) in [4.78, 5) is 12.6. The lowest BCUT2D eigenvalue weighted by Crippen LogP contribution is -2.11. The molecule has 0 fully saturated rings. The fourth-order valence-corrected chi connectivity index (χ4v) is 3.45. The van der Waals surface area contributed by atoms with E-state index in [9.17, 15) is 4.79 Å². The van der Waals surface area contributed by atoms with E-state index in [1.807, 2.05) is 73.7 Å². The third-order valence-corrected chi connectivity index (χ3v) is 5.07. The molecule has 0 aliphatic heterocycles. The van der Waals surface area contributed by atoms with Crippen LogP contribution in [-0.2, 0) is 13.0 Å². The summed E-state index contributed by atoms with van der Waals surface area (Å²) in [5, 5.41) is 0.917. The van der Waals surface area contributed by atoms with Gasteiger partial charge in [-0.3, -0.25) is 0 Å². The summed E-state index contributed by atoms with van der Waals surface area (Å²) in [5.74, 6) is 1.42. The molecule has 4 nitrogen and oxygen atoms in total. The number of methoxy groups -OCH3 is 1. The van der Waals surface area contributed by atoms with Gasteiger partial charge in [0.1, 0.15) is 23.7 Å². The maximum absolute atomic E-state index is 12.6. The van der Waals surface area contributed by atoms with E-state index in [2.05, 4.69) is 0 Å². The standard InChI is InChI=1S/C25H22O4/c1-17-21-13-12-20(28-16-19-10-6-7-11-23(19)27-2)15-24(21)29-25(26)22(17)14-18-8-4-3-5-9-18/h3-13,15H,14,16H2,1-2H3. The molecule has 0 N–H and O–H groups in total. The molecule has 0 aliphatic rings. The minimum absolute atomic E-state index is 0.305. The highest BCUT2D eigenvalue weighted by molar-refractivity contribution is 5.82. The van der Waals surface area contributed by atoms with Crippen LogP contribution < -0.4 is 15.1 Å². The zero-order valence-electron chi connectivity index (χ0n) is 16.5. The molecule has 4 heteroatoms. The highest BCUT2D eigenvalue weighted by atomic mass is 16.5. The monoisotopic (exact) mass is 386 g/mol. The average molecular weight is 386 g/mol. The number of aryl methyl sites for hydroxylation is 1. The molecule has 1 aromatic heterocycles. The molecular formula is C25H22O4. The highest BCUT2D eigenvalue weighted by Gasteiger charge is 2.13. The fraction of sp³-hybridized carbons (Fsp3) is 0.160. The van der Waals surface area contributed by atoms with Gasteiger partial charge in [-0.2, -0.15) is 0 Å². The Labute approximate surface area is 169 Å². The van der Waals surface area contributed by atoms with Crippen LogP contribution >= 0.6 is 0 Å². The van der Waals surface area contributed by atoms with Crippen LogP contribution in [0.2, 0.25) is 0 Å². The Morgan fingerprint density at radius 1 is 0.931 bits per heavy atom. The predicted molar refractivity (Wildman–Crippen MR) is 114 cm³/mol. The van der Waals surface area contributed by atoms with Crippen LogP contribution in [0.15, 0.2) is 82.0 Å². The predicted octanol–water partition coefficient (Wildman–Crippen LogP) is 5.28. The smallest absolute Gasteiger partial charge is 0.340 e. The van der Waals surface area contributed by atoms with Gasteiger partial charge in [0.2, 0.25) is 0 Å². The largest absolute Gasteiger partial charge is 0.496 e. The third-order valence-electron chi connectivity index (χ3n) is 5.07. The lowest BCUT2D eigenvalue weighted by molar-refractivity contribution is 0.296. The zero-order chi connectivity index (χ0) is 20.2. The van der Waals surface area contributed by atoms with Crippen molar-refractivity contribution in [3.05, 3.63) is 105 Å². The van der Waals surface area contributed by atoms with Crippen LogP contribution in [-0.4, -0.2) is 7.11 Å². The van der Waals surface area contributed by atoms with Gasteiger partial charge < -0.3 is 13.9 Å². The first-order valence-electron chi connectivity index (χ1n) is 9.50. The second kappa shape index (κ2) is 8.23. The number of fused-ring (bicyclic) bond motifs is 1. The molecule has 3 aromatic carbocycles. The summed E-state index contributed by atoms with van der Waals surface area (Å²) in [5.41, 5.74) is 3.88. The maximum Gasteiger partial charge on any atom is 0.340 e. The van der Waals surface area contributed by atoms with Gasteiger partial charge >= 0.3 is 5.63 Å². The summed E-state index contributed by atoms with van der Waals surface area (Å²) >= 11 is 0. The minimum Gasteiger partial charge on any atom is -0.496 e. The first kappa shape index (κ1) is 18.8. The van der Waals surface area contributed by atoms with Gasteiger partial charge in [-0.15, -0.1) is 0 Å². The Morgan fingerprint density at radius 2 is 1.69 bits per heavy atom. The maximum atomic E-state index is 12.6. The third kappa shape index (κ3) is 4.02. The van der Waals surface area contributed by atoms with Crippen molar-refractivity contribution in [2.24, 2.45) is 0 Å². The highest BCUT2D eigenvalue weighted by Crippen LogP contribution is 2.26. The van der Waals surface area contributed by atoms with Crippen LogP contribution in [0.4, 0.5) is 0 Å². The Hall–Kier alpha value is -3.53. The summed E-state index contributed by atoms with van der Waals surface area (Å²) in [6.45, 7) is 2.33. The minimum atomic E-state index is -0.305. The number of ether oxygens (including phenoxy) is 2. The van der Waals surface area contributed by atoms with E-state index in [1.165, 1.54) is 0 Å². The molecule has 0 saturated carbocycles. The first-order chi connectivity index (χ1) is 14.2. The van der Waals surface area contributed by atoms with Crippen LogP contribution in [0.1, 0.15) is 22.3 Å². The van der Waals surface area contributed by atoms with Crippen molar-refractivity contribution in [2.75, 3.05) is 7.11 Å². The van der Waals surface area contributed by atoms with Crippen LogP contribution in [0.5, 0.6) is 11.5 Å². The molecule has 0 amide bonds. The van der Waals surface area contributed by atoms with E-state index in [1.54, 1.807) is 13.2 Å². The van der Waals surface area contributed by atoms with E-state index in [-0.39, 0.29) is 5.63 Å². The summed E-state index contributed by atoms with van der Waals surface area (Å²) < 4.78 is 16.9.